The summed E-state index contributed by atoms with van der Waals surface area (Å²) >= 11 is 6.59. The Morgan fingerprint density at radius 3 is 2.83 bits per heavy atom. The maximum Gasteiger partial charge on any atom is 0.273 e. The van der Waals surface area contributed by atoms with Crippen LogP contribution in [0.1, 0.15) is 36.0 Å². The smallest absolute Gasteiger partial charge is 0.273 e. The van der Waals surface area contributed by atoms with E-state index in [1.807, 2.05) is 0 Å². The Hall–Kier alpha value is -1.75. The van der Waals surface area contributed by atoms with Crippen LogP contribution < -0.4 is 10.0 Å². The first-order valence-electron chi connectivity index (χ1n) is 8.92. The molecule has 160 valence electrons. The summed E-state index contributed by atoms with van der Waals surface area (Å²) in [6.07, 6.45) is 3.91. The highest BCUT2D eigenvalue weighted by atomic mass is 35.5. The molecule has 0 bridgehead atoms. The maximum atomic E-state index is 14.3. The van der Waals surface area contributed by atoms with Gasteiger partial charge in [0.25, 0.3) is 21.8 Å². The predicted molar refractivity (Wildman–Crippen MR) is 109 cm³/mol. The number of sulfonamides is 1. The number of ether oxygens (including phenoxy) is 1. The van der Waals surface area contributed by atoms with Gasteiger partial charge in [-0.2, -0.15) is 0 Å². The summed E-state index contributed by atoms with van der Waals surface area (Å²) in [4.78, 5) is 24.2. The second kappa shape index (κ2) is 10.9. The van der Waals surface area contributed by atoms with Crippen molar-refractivity contribution >= 4 is 44.8 Å². The van der Waals surface area contributed by atoms with Crippen molar-refractivity contribution in [1.82, 2.24) is 10.0 Å². The van der Waals surface area contributed by atoms with Crippen LogP contribution in [-0.2, 0) is 19.6 Å². The third-order valence-corrected chi connectivity index (χ3v) is 7.24. The zero-order valence-corrected chi connectivity index (χ0v) is 18.0. The Kier molecular flexibility index (Phi) is 8.81. The lowest BCUT2D eigenvalue weighted by Gasteiger charge is -2.16. The summed E-state index contributed by atoms with van der Waals surface area (Å²) < 4.78 is 45.6. The van der Waals surface area contributed by atoms with Crippen LogP contribution in [0.25, 0.3) is 0 Å². The lowest BCUT2D eigenvalue weighted by atomic mass is 9.96. The molecule has 2 amide bonds. The predicted octanol–water partition coefficient (Wildman–Crippen LogP) is 2.98. The summed E-state index contributed by atoms with van der Waals surface area (Å²) in [5.74, 6) is -1.84. The number of amides is 2. The number of alkyl halides is 1. The molecular weight excluding hydrogens is 443 g/mol. The second-order valence-corrected chi connectivity index (χ2v) is 9.79. The quantitative estimate of drug-likeness (QED) is 0.409. The monoisotopic (exact) mass is 464 g/mol. The van der Waals surface area contributed by atoms with E-state index in [0.29, 0.717) is 30.8 Å². The summed E-state index contributed by atoms with van der Waals surface area (Å²) in [5.41, 5.74) is 0.229. The largest absolute Gasteiger partial charge is 0.376 e. The Bertz CT molecular complexity index is 898. The first-order chi connectivity index (χ1) is 13.8. The molecule has 1 aliphatic carbocycles. The van der Waals surface area contributed by atoms with Crippen LogP contribution >= 0.6 is 22.9 Å². The third kappa shape index (κ3) is 6.63. The summed E-state index contributed by atoms with van der Waals surface area (Å²) in [5, 5.41) is 2.54. The van der Waals surface area contributed by atoms with E-state index >= 15 is 0 Å². The number of nitrogens with one attached hydrogen (secondary N) is 2. The highest BCUT2D eigenvalue weighted by Gasteiger charge is 2.30. The molecule has 29 heavy (non-hydrogen) atoms. The third-order valence-electron chi connectivity index (χ3n) is 4.06. The Labute approximate surface area is 178 Å². The van der Waals surface area contributed by atoms with Gasteiger partial charge in [-0.05, 0) is 37.3 Å². The lowest BCUT2D eigenvalue weighted by Crippen LogP contribution is -2.37. The molecule has 1 heterocycles. The number of carbonyl (C=O) groups excluding carboxylic acids is 2. The van der Waals surface area contributed by atoms with E-state index < -0.39 is 28.0 Å². The summed E-state index contributed by atoms with van der Waals surface area (Å²) in [6, 6.07) is 1.05. The van der Waals surface area contributed by atoms with Crippen molar-refractivity contribution in [2.24, 2.45) is 0 Å². The van der Waals surface area contributed by atoms with Crippen molar-refractivity contribution in [2.45, 2.75) is 36.1 Å². The number of rotatable bonds is 10. The molecule has 1 unspecified atom stereocenters. The van der Waals surface area contributed by atoms with Gasteiger partial charge in [0.1, 0.15) is 8.55 Å². The van der Waals surface area contributed by atoms with Gasteiger partial charge < -0.3 is 10.1 Å². The molecular formula is C18H22ClFN2O5S2. The molecule has 1 aromatic rings. The highest BCUT2D eigenvalue weighted by molar-refractivity contribution is 7.92. The molecule has 1 aliphatic rings. The molecule has 0 aliphatic heterocycles. The standard InChI is InChI=1S/C18H22ClFN2O5S2/c1-2-9-27-10-8-21-17(23)13-11-14(28-16(13)19)29(25,26)22-18(24)15(20)12-6-4-3-5-7-12/h2,6,11,15H,1,3-5,7-10H2,(H,21,23)(H,22,24). The zero-order chi connectivity index (χ0) is 21.4. The van der Waals surface area contributed by atoms with Crippen molar-refractivity contribution in [2.75, 3.05) is 19.8 Å². The van der Waals surface area contributed by atoms with Gasteiger partial charge in [-0.25, -0.2) is 17.5 Å². The molecule has 0 saturated heterocycles. The molecule has 0 radical (unpaired) electrons. The van der Waals surface area contributed by atoms with Crippen LogP contribution in [0.3, 0.4) is 0 Å². The fourth-order valence-electron chi connectivity index (χ4n) is 2.63. The number of thiophene rings is 1. The minimum Gasteiger partial charge on any atom is -0.376 e. The normalized spacial score (nSPS) is 15.3. The molecule has 0 aromatic carbocycles. The van der Waals surface area contributed by atoms with Gasteiger partial charge in [0.2, 0.25) is 6.17 Å². The Morgan fingerprint density at radius 2 is 2.17 bits per heavy atom. The van der Waals surface area contributed by atoms with Crippen LogP contribution in [-0.4, -0.2) is 46.2 Å². The molecule has 0 spiro atoms. The van der Waals surface area contributed by atoms with E-state index in [1.165, 1.54) is 0 Å². The maximum absolute atomic E-state index is 14.3. The van der Waals surface area contributed by atoms with Gasteiger partial charge in [0.05, 0.1) is 18.8 Å². The number of halogens is 2. The Morgan fingerprint density at radius 1 is 1.41 bits per heavy atom. The molecule has 0 fully saturated rings. The minimum absolute atomic E-state index is 0.0556. The fraction of sp³-hybridized carbons (Fsp3) is 0.444. The topological polar surface area (TPSA) is 102 Å². The van der Waals surface area contributed by atoms with Crippen molar-refractivity contribution < 1.29 is 27.1 Å². The number of carbonyl (C=O) groups is 2. The SMILES string of the molecule is C=CCOCCNC(=O)c1cc(S(=O)(=O)NC(=O)C(F)C2=CCCCC2)sc1Cl. The average molecular weight is 465 g/mol. The van der Waals surface area contributed by atoms with Gasteiger partial charge in [-0.15, -0.1) is 17.9 Å². The van der Waals surface area contributed by atoms with E-state index in [2.05, 4.69) is 11.9 Å². The van der Waals surface area contributed by atoms with Gasteiger partial charge in [0.15, 0.2) is 0 Å². The molecule has 11 heteroatoms. The number of hydrogen-bond donors (Lipinski definition) is 2. The van der Waals surface area contributed by atoms with Crippen LogP contribution in [0.4, 0.5) is 4.39 Å². The van der Waals surface area contributed by atoms with Crippen LogP contribution in [0, 0.1) is 0 Å². The zero-order valence-electron chi connectivity index (χ0n) is 15.6. The molecule has 2 N–H and O–H groups in total. The van der Waals surface area contributed by atoms with Crippen LogP contribution in [0.15, 0.2) is 34.6 Å². The van der Waals surface area contributed by atoms with Gasteiger partial charge in [-0.1, -0.05) is 23.8 Å². The lowest BCUT2D eigenvalue weighted by molar-refractivity contribution is -0.123. The molecule has 7 nitrogen and oxygen atoms in total. The van der Waals surface area contributed by atoms with Gasteiger partial charge >= 0.3 is 0 Å². The fourth-order valence-corrected chi connectivity index (χ4v) is 5.33. The van der Waals surface area contributed by atoms with E-state index in [0.717, 1.165) is 18.9 Å². The van der Waals surface area contributed by atoms with E-state index in [4.69, 9.17) is 16.3 Å². The first-order valence-corrected chi connectivity index (χ1v) is 11.6. The van der Waals surface area contributed by atoms with Gasteiger partial charge in [-0.3, -0.25) is 9.59 Å². The molecule has 1 aromatic heterocycles. The van der Waals surface area contributed by atoms with Crippen molar-refractivity contribution in [3.8, 4) is 0 Å². The van der Waals surface area contributed by atoms with Crippen molar-refractivity contribution in [3.63, 3.8) is 0 Å². The second-order valence-electron chi connectivity index (χ2n) is 6.23. The van der Waals surface area contributed by atoms with Gasteiger partial charge in [0, 0.05) is 6.54 Å². The molecule has 2 rings (SSSR count). The van der Waals surface area contributed by atoms with Crippen LogP contribution in [0.2, 0.25) is 4.34 Å². The van der Waals surface area contributed by atoms with Crippen molar-refractivity contribution in [3.05, 3.63) is 40.3 Å². The number of allylic oxidation sites excluding steroid dienone is 1. The number of hydrogen-bond acceptors (Lipinski definition) is 6. The summed E-state index contributed by atoms with van der Waals surface area (Å²) in [7, 11) is -4.36. The van der Waals surface area contributed by atoms with Crippen molar-refractivity contribution in [1.29, 1.82) is 0 Å². The van der Waals surface area contributed by atoms with E-state index in [1.54, 1.807) is 16.9 Å². The average Bonchev–Trinajstić information content (AvgIpc) is 3.10. The van der Waals surface area contributed by atoms with E-state index in [9.17, 15) is 22.4 Å². The Balaban J connectivity index is 2.02. The van der Waals surface area contributed by atoms with Crippen LogP contribution in [0.5, 0.6) is 0 Å². The first kappa shape index (κ1) is 23.5. The van der Waals surface area contributed by atoms with E-state index in [-0.39, 0.29) is 32.8 Å². The molecule has 1 atom stereocenters. The molecule has 0 saturated carbocycles. The highest BCUT2D eigenvalue weighted by Crippen LogP contribution is 2.31. The summed E-state index contributed by atoms with van der Waals surface area (Å²) in [6.45, 7) is 4.27. The minimum atomic E-state index is -4.36.